The van der Waals surface area contributed by atoms with Gasteiger partial charge in [-0.1, -0.05) is 60.2 Å². The molecule has 0 radical (unpaired) electrons. The van der Waals surface area contributed by atoms with Crippen LogP contribution in [0.2, 0.25) is 0 Å². The smallest absolute Gasteiger partial charge is 0.184 e. The molecule has 1 atom stereocenters. The Balaban J connectivity index is 2.32. The zero-order valence-corrected chi connectivity index (χ0v) is 10.1. The van der Waals surface area contributed by atoms with E-state index in [0.29, 0.717) is 5.56 Å². The van der Waals surface area contributed by atoms with Gasteiger partial charge in [-0.15, -0.1) is 0 Å². The van der Waals surface area contributed by atoms with Gasteiger partial charge in [0.2, 0.25) is 0 Å². The number of ketones is 1. The van der Waals surface area contributed by atoms with E-state index in [1.807, 2.05) is 37.3 Å². The molecule has 2 aromatic carbocycles. The second-order valence-electron chi connectivity index (χ2n) is 4.20. The van der Waals surface area contributed by atoms with Gasteiger partial charge >= 0.3 is 0 Å². The molecule has 2 heteroatoms. The van der Waals surface area contributed by atoms with Crippen LogP contribution in [-0.4, -0.2) is 5.78 Å². The number of aryl methyl sites for hydroxylation is 1. The molecule has 0 bridgehead atoms. The lowest BCUT2D eigenvalue weighted by Gasteiger charge is -2.08. The summed E-state index contributed by atoms with van der Waals surface area (Å²) < 4.78 is 0. The Morgan fingerprint density at radius 1 is 1.06 bits per heavy atom. The highest BCUT2D eigenvalue weighted by Gasteiger charge is 2.21. The molecule has 0 aliphatic heterocycles. The van der Waals surface area contributed by atoms with Crippen LogP contribution in [0.15, 0.2) is 54.6 Å². The van der Waals surface area contributed by atoms with Gasteiger partial charge in [0.15, 0.2) is 5.78 Å². The Hall–Kier alpha value is -2.40. The SMILES string of the molecule is Cc1ccc(C(=O)[C@@H](C#N)c2ccccc2)cc1. The first-order valence-electron chi connectivity index (χ1n) is 5.78. The van der Waals surface area contributed by atoms with Crippen molar-refractivity contribution in [1.29, 1.82) is 5.26 Å². The van der Waals surface area contributed by atoms with Crippen LogP contribution in [0.25, 0.3) is 0 Å². The van der Waals surface area contributed by atoms with E-state index < -0.39 is 5.92 Å². The largest absolute Gasteiger partial charge is 0.292 e. The molecule has 88 valence electrons. The van der Waals surface area contributed by atoms with Crippen molar-refractivity contribution in [2.45, 2.75) is 12.8 Å². The van der Waals surface area contributed by atoms with Crippen LogP contribution in [-0.2, 0) is 0 Å². The Kier molecular flexibility index (Phi) is 3.54. The Morgan fingerprint density at radius 2 is 1.67 bits per heavy atom. The lowest BCUT2D eigenvalue weighted by molar-refractivity contribution is 0.0979. The summed E-state index contributed by atoms with van der Waals surface area (Å²) in [5.41, 5.74) is 2.42. The Bertz CT molecular complexity index is 579. The van der Waals surface area contributed by atoms with Crippen molar-refractivity contribution in [3.8, 4) is 6.07 Å². The van der Waals surface area contributed by atoms with Gasteiger partial charge in [0, 0.05) is 5.56 Å². The highest BCUT2D eigenvalue weighted by molar-refractivity contribution is 6.02. The number of hydrogen-bond donors (Lipinski definition) is 0. The summed E-state index contributed by atoms with van der Waals surface area (Å²) >= 11 is 0. The predicted molar refractivity (Wildman–Crippen MR) is 70.3 cm³/mol. The number of rotatable bonds is 3. The number of nitriles is 1. The number of carbonyl (C=O) groups is 1. The lowest BCUT2D eigenvalue weighted by Crippen LogP contribution is -2.11. The van der Waals surface area contributed by atoms with Gasteiger partial charge in [-0.05, 0) is 12.5 Å². The number of benzene rings is 2. The predicted octanol–water partition coefficient (Wildman–Crippen LogP) is 3.49. The van der Waals surface area contributed by atoms with E-state index in [-0.39, 0.29) is 5.78 Å². The maximum absolute atomic E-state index is 12.3. The molecule has 2 nitrogen and oxygen atoms in total. The summed E-state index contributed by atoms with van der Waals surface area (Å²) in [5, 5.41) is 9.19. The Morgan fingerprint density at radius 3 is 2.22 bits per heavy atom. The van der Waals surface area contributed by atoms with Crippen molar-refractivity contribution < 1.29 is 4.79 Å². The normalized spacial score (nSPS) is 11.6. The quantitative estimate of drug-likeness (QED) is 0.764. The van der Waals surface area contributed by atoms with Crippen LogP contribution in [0, 0.1) is 18.3 Å². The highest BCUT2D eigenvalue weighted by atomic mass is 16.1. The van der Waals surface area contributed by atoms with E-state index in [0.717, 1.165) is 11.1 Å². The van der Waals surface area contributed by atoms with Gasteiger partial charge in [-0.2, -0.15) is 5.26 Å². The van der Waals surface area contributed by atoms with Gasteiger partial charge in [-0.3, -0.25) is 4.79 Å². The van der Waals surface area contributed by atoms with E-state index in [4.69, 9.17) is 0 Å². The van der Waals surface area contributed by atoms with Crippen molar-refractivity contribution in [2.75, 3.05) is 0 Å². The van der Waals surface area contributed by atoms with Crippen molar-refractivity contribution in [3.63, 3.8) is 0 Å². The fourth-order valence-electron chi connectivity index (χ4n) is 1.81. The van der Waals surface area contributed by atoms with Gasteiger partial charge in [0.1, 0.15) is 5.92 Å². The van der Waals surface area contributed by atoms with E-state index in [1.54, 1.807) is 24.3 Å². The number of hydrogen-bond acceptors (Lipinski definition) is 2. The second-order valence-corrected chi connectivity index (χ2v) is 4.20. The van der Waals surface area contributed by atoms with Crippen molar-refractivity contribution in [3.05, 3.63) is 71.3 Å². The van der Waals surface area contributed by atoms with Gasteiger partial charge < -0.3 is 0 Å². The first kappa shape index (κ1) is 12.1. The average molecular weight is 235 g/mol. The number of nitrogens with zero attached hydrogens (tertiary/aromatic N) is 1. The van der Waals surface area contributed by atoms with E-state index in [2.05, 4.69) is 6.07 Å². The molecule has 0 spiro atoms. The zero-order valence-electron chi connectivity index (χ0n) is 10.1. The molecule has 2 aromatic rings. The first-order chi connectivity index (χ1) is 8.72. The lowest BCUT2D eigenvalue weighted by atomic mass is 9.92. The van der Waals surface area contributed by atoms with Crippen LogP contribution in [0.4, 0.5) is 0 Å². The molecular weight excluding hydrogens is 222 g/mol. The molecule has 0 N–H and O–H groups in total. The average Bonchev–Trinajstić information content (AvgIpc) is 2.41. The maximum Gasteiger partial charge on any atom is 0.184 e. The van der Waals surface area contributed by atoms with Gasteiger partial charge in [0.25, 0.3) is 0 Å². The molecule has 0 amide bonds. The molecule has 18 heavy (non-hydrogen) atoms. The summed E-state index contributed by atoms with van der Waals surface area (Å²) in [6.07, 6.45) is 0. The molecule has 0 aliphatic rings. The van der Waals surface area contributed by atoms with Crippen LogP contribution >= 0.6 is 0 Å². The molecule has 0 aromatic heterocycles. The molecule has 0 saturated heterocycles. The molecule has 2 rings (SSSR count). The van der Waals surface area contributed by atoms with Gasteiger partial charge in [-0.25, -0.2) is 0 Å². The number of Topliss-reactive ketones (excluding diaryl/α,β-unsaturated/α-hetero) is 1. The van der Waals surface area contributed by atoms with Crippen molar-refractivity contribution >= 4 is 5.78 Å². The fraction of sp³-hybridized carbons (Fsp3) is 0.125. The monoisotopic (exact) mass is 235 g/mol. The van der Waals surface area contributed by atoms with E-state index >= 15 is 0 Å². The van der Waals surface area contributed by atoms with Crippen LogP contribution < -0.4 is 0 Å². The molecule has 0 fully saturated rings. The standard InChI is InChI=1S/C16H13NO/c1-12-7-9-14(10-8-12)16(18)15(11-17)13-5-3-2-4-6-13/h2-10,15H,1H3/t15-/m0/s1. The molecule has 0 heterocycles. The van der Waals surface area contributed by atoms with Crippen LogP contribution in [0.1, 0.15) is 27.4 Å². The minimum absolute atomic E-state index is 0.149. The first-order valence-corrected chi connectivity index (χ1v) is 5.78. The summed E-state index contributed by atoms with van der Waals surface area (Å²) in [6, 6.07) is 18.5. The second kappa shape index (κ2) is 5.29. The van der Waals surface area contributed by atoms with E-state index in [9.17, 15) is 10.1 Å². The third-order valence-electron chi connectivity index (χ3n) is 2.86. The van der Waals surface area contributed by atoms with Crippen molar-refractivity contribution in [2.24, 2.45) is 0 Å². The minimum Gasteiger partial charge on any atom is -0.292 e. The zero-order chi connectivity index (χ0) is 13.0. The van der Waals surface area contributed by atoms with Gasteiger partial charge in [0.05, 0.1) is 6.07 Å². The summed E-state index contributed by atoms with van der Waals surface area (Å²) in [7, 11) is 0. The van der Waals surface area contributed by atoms with Crippen LogP contribution in [0.5, 0.6) is 0 Å². The maximum atomic E-state index is 12.3. The fourth-order valence-corrected chi connectivity index (χ4v) is 1.81. The molecule has 0 saturated carbocycles. The Labute approximate surface area is 107 Å². The van der Waals surface area contributed by atoms with E-state index in [1.165, 1.54) is 0 Å². The molecule has 0 unspecified atom stereocenters. The minimum atomic E-state index is -0.728. The third-order valence-corrected chi connectivity index (χ3v) is 2.86. The molecular formula is C16H13NO. The third kappa shape index (κ3) is 2.46. The van der Waals surface area contributed by atoms with Crippen molar-refractivity contribution in [1.82, 2.24) is 0 Å². The summed E-state index contributed by atoms with van der Waals surface area (Å²) in [6.45, 7) is 1.97. The topological polar surface area (TPSA) is 40.9 Å². The van der Waals surface area contributed by atoms with Crippen LogP contribution in [0.3, 0.4) is 0 Å². The molecule has 0 aliphatic carbocycles. The summed E-state index contributed by atoms with van der Waals surface area (Å²) in [4.78, 5) is 12.3. The number of carbonyl (C=O) groups excluding carboxylic acids is 1. The highest BCUT2D eigenvalue weighted by Crippen LogP contribution is 2.20. The summed E-state index contributed by atoms with van der Waals surface area (Å²) in [5.74, 6) is -0.877.